The molecule has 1 saturated carbocycles. The Balaban J connectivity index is 1.84. The smallest absolute Gasteiger partial charge is 0.309 e. The van der Waals surface area contributed by atoms with Gasteiger partial charge in [0.2, 0.25) is 0 Å². The van der Waals surface area contributed by atoms with Crippen LogP contribution in [0.3, 0.4) is 0 Å². The van der Waals surface area contributed by atoms with Crippen molar-refractivity contribution >= 4 is 17.7 Å². The molecule has 1 aromatic carbocycles. The van der Waals surface area contributed by atoms with Gasteiger partial charge in [0.1, 0.15) is 12.4 Å². The number of hydrogen-bond acceptors (Lipinski definition) is 4. The van der Waals surface area contributed by atoms with Crippen LogP contribution in [0.2, 0.25) is 0 Å². The van der Waals surface area contributed by atoms with E-state index in [0.717, 1.165) is 17.9 Å². The van der Waals surface area contributed by atoms with Crippen LogP contribution in [0.4, 0.5) is 0 Å². The van der Waals surface area contributed by atoms with Crippen molar-refractivity contribution in [3.05, 3.63) is 29.8 Å². The predicted octanol–water partition coefficient (Wildman–Crippen LogP) is 2.70. The zero-order valence-corrected chi connectivity index (χ0v) is 11.5. The van der Waals surface area contributed by atoms with E-state index in [1.165, 1.54) is 5.56 Å². The third-order valence-corrected chi connectivity index (χ3v) is 3.74. The van der Waals surface area contributed by atoms with Gasteiger partial charge in [-0.15, -0.1) is 0 Å². The zero-order chi connectivity index (χ0) is 13.0. The average molecular weight is 266 g/mol. The Kier molecular flexibility index (Phi) is 4.53. The van der Waals surface area contributed by atoms with Crippen LogP contribution in [-0.2, 0) is 9.53 Å². The van der Waals surface area contributed by atoms with Crippen molar-refractivity contribution in [2.45, 2.75) is 12.3 Å². The molecular formula is C14H18O3S. The lowest BCUT2D eigenvalue weighted by atomic mass is 10.1. The monoisotopic (exact) mass is 266 g/mol. The van der Waals surface area contributed by atoms with Crippen molar-refractivity contribution in [1.29, 1.82) is 0 Å². The summed E-state index contributed by atoms with van der Waals surface area (Å²) < 4.78 is 10.3. The fourth-order valence-electron chi connectivity index (χ4n) is 2.01. The van der Waals surface area contributed by atoms with Gasteiger partial charge in [0, 0.05) is 5.75 Å². The van der Waals surface area contributed by atoms with Crippen molar-refractivity contribution < 1.29 is 14.3 Å². The molecule has 0 spiro atoms. The summed E-state index contributed by atoms with van der Waals surface area (Å²) >= 11 is 1.69. The molecule has 0 aliphatic heterocycles. The van der Waals surface area contributed by atoms with Crippen molar-refractivity contribution in [1.82, 2.24) is 0 Å². The third-order valence-electron chi connectivity index (χ3n) is 3.17. The van der Waals surface area contributed by atoms with Crippen LogP contribution >= 0.6 is 11.8 Å². The quantitative estimate of drug-likeness (QED) is 0.586. The van der Waals surface area contributed by atoms with E-state index >= 15 is 0 Å². The average Bonchev–Trinajstić information content (AvgIpc) is 3.19. The Morgan fingerprint density at radius 3 is 2.72 bits per heavy atom. The van der Waals surface area contributed by atoms with Crippen molar-refractivity contribution in [2.24, 2.45) is 5.92 Å². The number of benzene rings is 1. The third kappa shape index (κ3) is 3.19. The highest BCUT2D eigenvalue weighted by atomic mass is 32.2. The molecule has 0 N–H and O–H groups in total. The molecule has 4 heteroatoms. The van der Waals surface area contributed by atoms with Crippen molar-refractivity contribution in [3.63, 3.8) is 0 Å². The first-order valence-corrected chi connectivity index (χ1v) is 7.45. The van der Waals surface area contributed by atoms with Gasteiger partial charge < -0.3 is 9.47 Å². The van der Waals surface area contributed by atoms with Crippen LogP contribution < -0.4 is 4.74 Å². The number of carbonyl (C=O) groups is 1. The van der Waals surface area contributed by atoms with E-state index in [1.807, 2.05) is 30.5 Å². The highest BCUT2D eigenvalue weighted by Crippen LogP contribution is 2.48. The van der Waals surface area contributed by atoms with Crippen LogP contribution in [0.1, 0.15) is 17.9 Å². The van der Waals surface area contributed by atoms with Crippen LogP contribution in [0.15, 0.2) is 24.3 Å². The normalized spacial score (nSPS) is 21.4. The Morgan fingerprint density at radius 1 is 1.39 bits per heavy atom. The molecule has 1 aliphatic rings. The Bertz CT molecular complexity index is 402. The molecule has 0 unspecified atom stereocenters. The number of methoxy groups -OCH3 is 1. The van der Waals surface area contributed by atoms with E-state index < -0.39 is 0 Å². The molecule has 18 heavy (non-hydrogen) atoms. The van der Waals surface area contributed by atoms with E-state index in [2.05, 4.69) is 0 Å². The first-order chi connectivity index (χ1) is 8.76. The molecular weight excluding hydrogens is 248 g/mol. The molecule has 2 rings (SSSR count). The summed E-state index contributed by atoms with van der Waals surface area (Å²) in [6.45, 7) is 0.520. The summed E-state index contributed by atoms with van der Waals surface area (Å²) in [6, 6.07) is 7.92. The number of carbonyl (C=O) groups excluding carboxylic acids is 1. The minimum Gasteiger partial charge on any atom is -0.497 e. The SMILES string of the molecule is COc1ccc([C@@H]2C[C@@H]2C(=O)OCCSC)cc1. The number of hydrogen-bond donors (Lipinski definition) is 0. The molecule has 1 aromatic rings. The highest BCUT2D eigenvalue weighted by molar-refractivity contribution is 7.98. The lowest BCUT2D eigenvalue weighted by Crippen LogP contribution is -2.10. The van der Waals surface area contributed by atoms with E-state index in [0.29, 0.717) is 12.5 Å². The van der Waals surface area contributed by atoms with Gasteiger partial charge in [-0.3, -0.25) is 4.79 Å². The molecule has 0 heterocycles. The first kappa shape index (κ1) is 13.3. The summed E-state index contributed by atoms with van der Waals surface area (Å²) in [5.41, 5.74) is 1.20. The van der Waals surface area contributed by atoms with Crippen molar-refractivity contribution in [3.8, 4) is 5.75 Å². The Hall–Kier alpha value is -1.16. The maximum Gasteiger partial charge on any atom is 0.309 e. The fourth-order valence-corrected chi connectivity index (χ4v) is 2.26. The summed E-state index contributed by atoms with van der Waals surface area (Å²) in [5.74, 6) is 2.05. The Morgan fingerprint density at radius 2 is 2.11 bits per heavy atom. The van der Waals surface area contributed by atoms with Gasteiger partial charge in [0.25, 0.3) is 0 Å². The maximum atomic E-state index is 11.7. The second-order valence-electron chi connectivity index (χ2n) is 4.38. The summed E-state index contributed by atoms with van der Waals surface area (Å²) in [6.07, 6.45) is 2.91. The largest absolute Gasteiger partial charge is 0.497 e. The molecule has 0 bridgehead atoms. The second-order valence-corrected chi connectivity index (χ2v) is 5.37. The van der Waals surface area contributed by atoms with Crippen LogP contribution in [0.25, 0.3) is 0 Å². The van der Waals surface area contributed by atoms with Gasteiger partial charge in [-0.05, 0) is 36.3 Å². The van der Waals surface area contributed by atoms with Crippen LogP contribution in [0, 0.1) is 5.92 Å². The molecule has 1 aliphatic carbocycles. The number of ether oxygens (including phenoxy) is 2. The summed E-state index contributed by atoms with van der Waals surface area (Å²) in [5, 5.41) is 0. The molecule has 0 radical (unpaired) electrons. The van der Waals surface area contributed by atoms with Gasteiger partial charge in [-0.1, -0.05) is 12.1 Å². The standard InChI is InChI=1S/C14H18O3S/c1-16-11-5-3-10(4-6-11)12-9-13(12)14(15)17-7-8-18-2/h3-6,12-13H,7-9H2,1-2H3/t12-,13-/m0/s1. The minimum atomic E-state index is -0.0510. The topological polar surface area (TPSA) is 35.5 Å². The van der Waals surface area contributed by atoms with Crippen molar-refractivity contribution in [2.75, 3.05) is 25.7 Å². The van der Waals surface area contributed by atoms with Gasteiger partial charge in [0.15, 0.2) is 0 Å². The van der Waals surface area contributed by atoms with E-state index in [4.69, 9.17) is 9.47 Å². The van der Waals surface area contributed by atoms with Crippen LogP contribution in [0.5, 0.6) is 5.75 Å². The molecule has 0 aromatic heterocycles. The molecule has 2 atom stereocenters. The lowest BCUT2D eigenvalue weighted by molar-refractivity contribution is -0.144. The van der Waals surface area contributed by atoms with Crippen LogP contribution in [-0.4, -0.2) is 31.7 Å². The lowest BCUT2D eigenvalue weighted by Gasteiger charge is -2.04. The van der Waals surface area contributed by atoms with Gasteiger partial charge in [0.05, 0.1) is 13.0 Å². The van der Waals surface area contributed by atoms with Gasteiger partial charge in [-0.2, -0.15) is 11.8 Å². The highest BCUT2D eigenvalue weighted by Gasteiger charge is 2.45. The summed E-state index contributed by atoms with van der Waals surface area (Å²) in [7, 11) is 1.65. The Labute approximate surface area is 112 Å². The fraction of sp³-hybridized carbons (Fsp3) is 0.500. The summed E-state index contributed by atoms with van der Waals surface area (Å²) in [4.78, 5) is 11.7. The molecule has 0 amide bonds. The molecule has 3 nitrogen and oxygen atoms in total. The molecule has 98 valence electrons. The second kappa shape index (κ2) is 6.14. The molecule has 0 saturated heterocycles. The van der Waals surface area contributed by atoms with E-state index in [9.17, 15) is 4.79 Å². The molecule has 1 fully saturated rings. The number of rotatable bonds is 6. The first-order valence-electron chi connectivity index (χ1n) is 6.05. The predicted molar refractivity (Wildman–Crippen MR) is 73.2 cm³/mol. The minimum absolute atomic E-state index is 0.0510. The van der Waals surface area contributed by atoms with Gasteiger partial charge >= 0.3 is 5.97 Å². The van der Waals surface area contributed by atoms with Gasteiger partial charge in [-0.25, -0.2) is 0 Å². The van der Waals surface area contributed by atoms with E-state index in [-0.39, 0.29) is 11.9 Å². The maximum absolute atomic E-state index is 11.7. The van der Waals surface area contributed by atoms with E-state index in [1.54, 1.807) is 18.9 Å². The zero-order valence-electron chi connectivity index (χ0n) is 10.7. The number of esters is 1. The number of thioether (sulfide) groups is 1.